The SMILES string of the molecule is Cc1ccn(-c2ccc(-c3nnc(OC4CC5C=C(F)C(C4)N5)s3)c(O)c2)n1. The maximum atomic E-state index is 13.7. The largest absolute Gasteiger partial charge is 0.507 e. The van der Waals surface area contributed by atoms with E-state index in [1.165, 1.54) is 11.3 Å². The van der Waals surface area contributed by atoms with Crippen LogP contribution in [0.3, 0.4) is 0 Å². The van der Waals surface area contributed by atoms with Crippen LogP contribution in [0, 0.1) is 6.92 Å². The van der Waals surface area contributed by atoms with E-state index in [-0.39, 0.29) is 29.8 Å². The zero-order chi connectivity index (χ0) is 19.3. The third kappa shape index (κ3) is 3.16. The van der Waals surface area contributed by atoms with Gasteiger partial charge < -0.3 is 15.2 Å². The van der Waals surface area contributed by atoms with Crippen LogP contribution in [-0.4, -0.2) is 43.3 Å². The first-order valence-corrected chi connectivity index (χ1v) is 9.86. The molecule has 2 bridgehead atoms. The van der Waals surface area contributed by atoms with Crippen molar-refractivity contribution in [2.45, 2.75) is 38.0 Å². The second kappa shape index (κ2) is 6.68. The summed E-state index contributed by atoms with van der Waals surface area (Å²) >= 11 is 1.27. The van der Waals surface area contributed by atoms with Crippen LogP contribution in [0.4, 0.5) is 4.39 Å². The molecule has 3 unspecified atom stereocenters. The molecule has 0 spiro atoms. The van der Waals surface area contributed by atoms with E-state index in [4.69, 9.17) is 4.74 Å². The lowest BCUT2D eigenvalue weighted by Crippen LogP contribution is -2.43. The summed E-state index contributed by atoms with van der Waals surface area (Å²) in [6.07, 6.45) is 4.62. The molecule has 1 aromatic carbocycles. The smallest absolute Gasteiger partial charge is 0.294 e. The van der Waals surface area contributed by atoms with Crippen molar-refractivity contribution in [3.63, 3.8) is 0 Å². The van der Waals surface area contributed by atoms with Crippen LogP contribution in [0.2, 0.25) is 0 Å². The Kier molecular flexibility index (Phi) is 4.13. The minimum absolute atomic E-state index is 0.0127. The fraction of sp³-hybridized carbons (Fsp3) is 0.316. The first-order valence-electron chi connectivity index (χ1n) is 9.04. The van der Waals surface area contributed by atoms with E-state index in [0.29, 0.717) is 28.6 Å². The highest BCUT2D eigenvalue weighted by Gasteiger charge is 2.36. The van der Waals surface area contributed by atoms with Crippen molar-refractivity contribution in [2.75, 3.05) is 0 Å². The summed E-state index contributed by atoms with van der Waals surface area (Å²) in [7, 11) is 0. The fourth-order valence-corrected chi connectivity index (χ4v) is 4.46. The number of phenols is 1. The van der Waals surface area contributed by atoms with Crippen LogP contribution in [0.1, 0.15) is 18.5 Å². The van der Waals surface area contributed by atoms with E-state index in [1.54, 1.807) is 22.9 Å². The van der Waals surface area contributed by atoms with Crippen LogP contribution in [0.15, 0.2) is 42.4 Å². The van der Waals surface area contributed by atoms with E-state index >= 15 is 0 Å². The highest BCUT2D eigenvalue weighted by molar-refractivity contribution is 7.16. The lowest BCUT2D eigenvalue weighted by atomic mass is 10.0. The number of halogens is 1. The summed E-state index contributed by atoms with van der Waals surface area (Å²) in [5.74, 6) is -0.00836. The molecule has 2 aliphatic heterocycles. The molecule has 2 N–H and O–H groups in total. The zero-order valence-electron chi connectivity index (χ0n) is 15.0. The van der Waals surface area contributed by atoms with Crippen LogP contribution in [-0.2, 0) is 0 Å². The van der Waals surface area contributed by atoms with Crippen LogP contribution in [0.5, 0.6) is 10.9 Å². The minimum atomic E-state index is -0.265. The Morgan fingerprint density at radius 2 is 2.18 bits per heavy atom. The average Bonchev–Trinajstić information content (AvgIpc) is 3.36. The average molecular weight is 399 g/mol. The number of fused-ring (bicyclic) bond motifs is 2. The Balaban J connectivity index is 1.32. The summed E-state index contributed by atoms with van der Waals surface area (Å²) in [5.41, 5.74) is 2.24. The molecule has 144 valence electrons. The monoisotopic (exact) mass is 399 g/mol. The lowest BCUT2D eigenvalue weighted by Gasteiger charge is -2.28. The topological polar surface area (TPSA) is 85.1 Å². The number of aryl methyl sites for hydroxylation is 1. The number of ether oxygens (including phenoxy) is 1. The Morgan fingerprint density at radius 1 is 1.29 bits per heavy atom. The summed E-state index contributed by atoms with van der Waals surface area (Å²) in [6, 6.07) is 6.94. The highest BCUT2D eigenvalue weighted by Crippen LogP contribution is 2.36. The molecule has 5 rings (SSSR count). The van der Waals surface area contributed by atoms with Gasteiger partial charge in [0, 0.05) is 31.1 Å². The van der Waals surface area contributed by atoms with Crippen molar-refractivity contribution >= 4 is 11.3 Å². The van der Waals surface area contributed by atoms with Gasteiger partial charge in [-0.2, -0.15) is 5.10 Å². The lowest BCUT2D eigenvalue weighted by molar-refractivity contribution is 0.136. The Bertz CT molecular complexity index is 1060. The van der Waals surface area contributed by atoms with E-state index in [2.05, 4.69) is 20.6 Å². The van der Waals surface area contributed by atoms with Gasteiger partial charge in [-0.3, -0.25) is 0 Å². The first-order chi connectivity index (χ1) is 13.5. The molecule has 9 heteroatoms. The van der Waals surface area contributed by atoms with Gasteiger partial charge in [0.1, 0.15) is 17.7 Å². The Labute approximate surface area is 164 Å². The van der Waals surface area contributed by atoms with E-state index in [0.717, 1.165) is 11.4 Å². The highest BCUT2D eigenvalue weighted by atomic mass is 32.1. The Hall–Kier alpha value is -2.78. The molecule has 0 aliphatic carbocycles. The van der Waals surface area contributed by atoms with Crippen molar-refractivity contribution in [3.8, 4) is 27.2 Å². The third-order valence-electron chi connectivity index (χ3n) is 5.00. The zero-order valence-corrected chi connectivity index (χ0v) is 15.9. The van der Waals surface area contributed by atoms with Crippen molar-refractivity contribution in [1.29, 1.82) is 0 Å². The van der Waals surface area contributed by atoms with E-state index in [9.17, 15) is 9.50 Å². The molecule has 1 fully saturated rings. The van der Waals surface area contributed by atoms with Gasteiger partial charge in [0.15, 0.2) is 5.01 Å². The summed E-state index contributed by atoms with van der Waals surface area (Å²) < 4.78 is 21.3. The predicted molar refractivity (Wildman–Crippen MR) is 102 cm³/mol. The van der Waals surface area contributed by atoms with Gasteiger partial charge in [0.25, 0.3) is 5.19 Å². The molecule has 1 saturated heterocycles. The van der Waals surface area contributed by atoms with Crippen molar-refractivity contribution in [3.05, 3.63) is 48.1 Å². The number of nitrogens with one attached hydrogen (secondary N) is 1. The number of hydrogen-bond donors (Lipinski definition) is 2. The quantitative estimate of drug-likeness (QED) is 0.701. The summed E-state index contributed by atoms with van der Waals surface area (Å²) in [4.78, 5) is 0. The molecule has 7 nitrogen and oxygen atoms in total. The number of rotatable bonds is 4. The molecule has 0 saturated carbocycles. The van der Waals surface area contributed by atoms with Gasteiger partial charge >= 0.3 is 0 Å². The second-order valence-corrected chi connectivity index (χ2v) is 8.00. The van der Waals surface area contributed by atoms with Gasteiger partial charge in [-0.05, 0) is 31.2 Å². The molecule has 2 aromatic heterocycles. The molecule has 28 heavy (non-hydrogen) atoms. The van der Waals surface area contributed by atoms with Crippen molar-refractivity contribution in [1.82, 2.24) is 25.3 Å². The maximum absolute atomic E-state index is 13.7. The van der Waals surface area contributed by atoms with Gasteiger partial charge in [0.05, 0.1) is 23.0 Å². The van der Waals surface area contributed by atoms with Gasteiger partial charge in [-0.1, -0.05) is 16.4 Å². The second-order valence-electron chi connectivity index (χ2n) is 7.06. The molecule has 2 aliphatic rings. The van der Waals surface area contributed by atoms with Gasteiger partial charge in [-0.25, -0.2) is 9.07 Å². The third-order valence-corrected chi connectivity index (χ3v) is 5.84. The summed E-state index contributed by atoms with van der Waals surface area (Å²) in [5, 5.41) is 27.2. The standard InChI is InChI=1S/C19H18FN5O2S/c1-10-4-5-25(24-10)12-2-3-14(17(26)8-12)18-22-23-19(28-18)27-13-6-11-7-15(20)16(9-13)21-11/h2-5,7-8,11,13,16,21,26H,6,9H2,1H3. The van der Waals surface area contributed by atoms with Crippen LogP contribution in [0.25, 0.3) is 16.3 Å². The normalized spacial score (nSPS) is 23.6. The molecular formula is C19H18FN5O2S. The molecule has 0 amide bonds. The number of phenolic OH excluding ortho intramolecular Hbond substituents is 1. The fourth-order valence-electron chi connectivity index (χ4n) is 3.66. The maximum Gasteiger partial charge on any atom is 0.294 e. The van der Waals surface area contributed by atoms with Gasteiger partial charge in [-0.15, -0.1) is 5.10 Å². The minimum Gasteiger partial charge on any atom is -0.507 e. The first kappa shape index (κ1) is 17.3. The number of aromatic nitrogens is 4. The number of benzene rings is 1. The molecule has 0 radical (unpaired) electrons. The molecular weight excluding hydrogens is 381 g/mol. The van der Waals surface area contributed by atoms with Crippen molar-refractivity contribution in [2.24, 2.45) is 0 Å². The summed E-state index contributed by atoms with van der Waals surface area (Å²) in [6.45, 7) is 1.91. The van der Waals surface area contributed by atoms with Gasteiger partial charge in [0.2, 0.25) is 0 Å². The predicted octanol–water partition coefficient (Wildman–Crippen LogP) is 3.14. The van der Waals surface area contributed by atoms with E-state index in [1.807, 2.05) is 25.3 Å². The van der Waals surface area contributed by atoms with Crippen LogP contribution >= 0.6 is 11.3 Å². The molecule has 4 heterocycles. The number of nitrogens with zero attached hydrogens (tertiary/aromatic N) is 4. The van der Waals surface area contributed by atoms with Crippen LogP contribution < -0.4 is 10.1 Å². The number of piperidine rings is 1. The molecule has 3 aromatic rings. The number of hydrogen-bond acceptors (Lipinski definition) is 7. The van der Waals surface area contributed by atoms with E-state index < -0.39 is 0 Å². The Morgan fingerprint density at radius 3 is 2.93 bits per heavy atom. The number of aromatic hydroxyl groups is 1. The molecule has 3 atom stereocenters. The van der Waals surface area contributed by atoms with Crippen molar-refractivity contribution < 1.29 is 14.2 Å².